The van der Waals surface area contributed by atoms with Crippen LogP contribution in [0.5, 0.6) is 0 Å². The van der Waals surface area contributed by atoms with Crippen molar-refractivity contribution in [2.24, 2.45) is 5.92 Å². The average Bonchev–Trinajstić information content (AvgIpc) is 2.67. The molecule has 0 aromatic carbocycles. The van der Waals surface area contributed by atoms with Crippen molar-refractivity contribution < 1.29 is 0 Å². The molecule has 2 rings (SSSR count). The van der Waals surface area contributed by atoms with Crippen molar-refractivity contribution in [3.05, 3.63) is 10.0 Å². The summed E-state index contributed by atoms with van der Waals surface area (Å²) in [4.78, 5) is 0. The summed E-state index contributed by atoms with van der Waals surface area (Å²) in [5.74, 6) is 0.902. The van der Waals surface area contributed by atoms with Gasteiger partial charge in [0.25, 0.3) is 0 Å². The predicted octanol–water partition coefficient (Wildman–Crippen LogP) is 2.42. The van der Waals surface area contributed by atoms with Crippen LogP contribution in [0.1, 0.15) is 42.6 Å². The standard InChI is InChI=1S/C12H21N3S/c1-2-7-13-8-6-11-14-15-12(16-11)9-10-4-3-5-10/h10,13H,2-9H2,1H3. The third-order valence-electron chi connectivity index (χ3n) is 3.14. The first kappa shape index (κ1) is 12.0. The number of nitrogens with one attached hydrogen (secondary N) is 1. The molecule has 1 aromatic rings. The Morgan fingerprint density at radius 3 is 2.75 bits per heavy atom. The molecule has 0 spiro atoms. The summed E-state index contributed by atoms with van der Waals surface area (Å²) in [6.07, 6.45) is 7.60. The van der Waals surface area contributed by atoms with E-state index in [9.17, 15) is 0 Å². The molecule has 16 heavy (non-hydrogen) atoms. The molecule has 0 bridgehead atoms. The fourth-order valence-corrected chi connectivity index (χ4v) is 2.87. The van der Waals surface area contributed by atoms with Crippen molar-refractivity contribution in [3.8, 4) is 0 Å². The summed E-state index contributed by atoms with van der Waals surface area (Å²) in [5, 5.41) is 14.4. The van der Waals surface area contributed by atoms with Crippen molar-refractivity contribution >= 4 is 11.3 Å². The lowest BCUT2D eigenvalue weighted by atomic mass is 9.83. The Morgan fingerprint density at radius 1 is 1.25 bits per heavy atom. The van der Waals surface area contributed by atoms with Crippen LogP contribution in [0.3, 0.4) is 0 Å². The fraction of sp³-hybridized carbons (Fsp3) is 0.833. The molecule has 1 heterocycles. The highest BCUT2D eigenvalue weighted by molar-refractivity contribution is 7.11. The molecule has 4 heteroatoms. The summed E-state index contributed by atoms with van der Waals surface area (Å²) in [5.41, 5.74) is 0. The van der Waals surface area contributed by atoms with Gasteiger partial charge in [0.15, 0.2) is 0 Å². The van der Waals surface area contributed by atoms with Gasteiger partial charge in [0.1, 0.15) is 10.0 Å². The molecule has 90 valence electrons. The molecule has 1 aliphatic carbocycles. The molecule has 0 atom stereocenters. The highest BCUT2D eigenvalue weighted by Gasteiger charge is 2.19. The molecule has 0 aliphatic heterocycles. The van der Waals surface area contributed by atoms with E-state index in [0.717, 1.165) is 25.4 Å². The maximum atomic E-state index is 4.28. The van der Waals surface area contributed by atoms with Crippen LogP contribution in [-0.4, -0.2) is 23.3 Å². The van der Waals surface area contributed by atoms with Gasteiger partial charge in [-0.25, -0.2) is 0 Å². The minimum Gasteiger partial charge on any atom is -0.316 e. The van der Waals surface area contributed by atoms with Crippen LogP contribution in [0, 0.1) is 5.92 Å². The Morgan fingerprint density at radius 2 is 2.06 bits per heavy atom. The quantitative estimate of drug-likeness (QED) is 0.743. The van der Waals surface area contributed by atoms with E-state index >= 15 is 0 Å². The summed E-state index contributed by atoms with van der Waals surface area (Å²) in [7, 11) is 0. The van der Waals surface area contributed by atoms with Crippen LogP contribution in [0.4, 0.5) is 0 Å². The SMILES string of the molecule is CCCNCCc1nnc(CC2CCC2)s1. The van der Waals surface area contributed by atoms with Crippen LogP contribution in [0.25, 0.3) is 0 Å². The van der Waals surface area contributed by atoms with Gasteiger partial charge < -0.3 is 5.32 Å². The molecule has 3 nitrogen and oxygen atoms in total. The molecule has 0 amide bonds. The van der Waals surface area contributed by atoms with Crippen molar-refractivity contribution in [3.63, 3.8) is 0 Å². The molecule has 1 fully saturated rings. The first-order chi connectivity index (χ1) is 7.88. The zero-order chi connectivity index (χ0) is 11.2. The topological polar surface area (TPSA) is 37.8 Å². The van der Waals surface area contributed by atoms with E-state index in [2.05, 4.69) is 22.4 Å². The van der Waals surface area contributed by atoms with E-state index in [-0.39, 0.29) is 0 Å². The summed E-state index contributed by atoms with van der Waals surface area (Å²) < 4.78 is 0. The predicted molar refractivity (Wildman–Crippen MR) is 67.8 cm³/mol. The van der Waals surface area contributed by atoms with Crippen LogP contribution in [0.15, 0.2) is 0 Å². The smallest absolute Gasteiger partial charge is 0.118 e. The second-order valence-corrected chi connectivity index (χ2v) is 5.74. The van der Waals surface area contributed by atoms with Gasteiger partial charge >= 0.3 is 0 Å². The third-order valence-corrected chi connectivity index (χ3v) is 4.14. The highest BCUT2D eigenvalue weighted by Crippen LogP contribution is 2.30. The van der Waals surface area contributed by atoms with Gasteiger partial charge in [-0.2, -0.15) is 0 Å². The normalized spacial score (nSPS) is 16.3. The van der Waals surface area contributed by atoms with Gasteiger partial charge in [-0.3, -0.25) is 0 Å². The van der Waals surface area contributed by atoms with Crippen molar-refractivity contribution in [2.45, 2.75) is 45.4 Å². The maximum absolute atomic E-state index is 4.28. The molecule has 0 saturated heterocycles. The molecule has 1 aromatic heterocycles. The first-order valence-corrected chi connectivity index (χ1v) is 7.22. The molecule has 1 N–H and O–H groups in total. The van der Waals surface area contributed by atoms with Crippen LogP contribution in [0.2, 0.25) is 0 Å². The fourth-order valence-electron chi connectivity index (χ4n) is 1.91. The van der Waals surface area contributed by atoms with Crippen LogP contribution in [-0.2, 0) is 12.8 Å². The molecular formula is C12H21N3S. The van der Waals surface area contributed by atoms with Gasteiger partial charge in [-0.05, 0) is 18.9 Å². The number of aromatic nitrogens is 2. The lowest BCUT2D eigenvalue weighted by molar-refractivity contribution is 0.313. The second kappa shape index (κ2) is 6.30. The molecular weight excluding hydrogens is 218 g/mol. The first-order valence-electron chi connectivity index (χ1n) is 6.40. The zero-order valence-electron chi connectivity index (χ0n) is 10.0. The van der Waals surface area contributed by atoms with Gasteiger partial charge in [0, 0.05) is 19.4 Å². The lowest BCUT2D eigenvalue weighted by Gasteiger charge is -2.23. The largest absolute Gasteiger partial charge is 0.316 e. The second-order valence-electron chi connectivity index (χ2n) is 4.59. The van der Waals surface area contributed by atoms with E-state index < -0.39 is 0 Å². The average molecular weight is 239 g/mol. The number of hydrogen-bond acceptors (Lipinski definition) is 4. The van der Waals surface area contributed by atoms with Crippen molar-refractivity contribution in [1.82, 2.24) is 15.5 Å². The maximum Gasteiger partial charge on any atom is 0.118 e. The van der Waals surface area contributed by atoms with Gasteiger partial charge in [-0.1, -0.05) is 26.2 Å². The van der Waals surface area contributed by atoms with Crippen molar-refractivity contribution in [1.29, 1.82) is 0 Å². The third kappa shape index (κ3) is 3.52. The van der Waals surface area contributed by atoms with Crippen LogP contribution < -0.4 is 5.32 Å². The number of nitrogens with zero attached hydrogens (tertiary/aromatic N) is 2. The van der Waals surface area contributed by atoms with Gasteiger partial charge in [-0.15, -0.1) is 21.5 Å². The van der Waals surface area contributed by atoms with E-state index in [1.54, 1.807) is 11.3 Å². The lowest BCUT2D eigenvalue weighted by Crippen LogP contribution is -2.17. The number of hydrogen-bond donors (Lipinski definition) is 1. The summed E-state index contributed by atoms with van der Waals surface area (Å²) in [6.45, 7) is 4.33. The molecule has 1 saturated carbocycles. The summed E-state index contributed by atoms with van der Waals surface area (Å²) in [6, 6.07) is 0. The minimum atomic E-state index is 0.902. The van der Waals surface area contributed by atoms with Gasteiger partial charge in [0.2, 0.25) is 0 Å². The Kier molecular flexibility index (Phi) is 4.72. The Labute approximate surface area is 102 Å². The molecule has 0 unspecified atom stereocenters. The summed E-state index contributed by atoms with van der Waals surface area (Å²) >= 11 is 1.81. The van der Waals surface area contributed by atoms with E-state index in [1.165, 1.54) is 42.1 Å². The molecule has 1 aliphatic rings. The van der Waals surface area contributed by atoms with E-state index in [4.69, 9.17) is 0 Å². The Bertz CT molecular complexity index is 307. The highest BCUT2D eigenvalue weighted by atomic mass is 32.1. The number of rotatable bonds is 7. The Balaban J connectivity index is 1.69. The Hall–Kier alpha value is -0.480. The monoisotopic (exact) mass is 239 g/mol. The van der Waals surface area contributed by atoms with Gasteiger partial charge in [0.05, 0.1) is 0 Å². The van der Waals surface area contributed by atoms with Crippen LogP contribution >= 0.6 is 11.3 Å². The molecule has 0 radical (unpaired) electrons. The van der Waals surface area contributed by atoms with E-state index in [0.29, 0.717) is 0 Å². The van der Waals surface area contributed by atoms with Crippen molar-refractivity contribution in [2.75, 3.05) is 13.1 Å². The zero-order valence-corrected chi connectivity index (χ0v) is 10.9. The minimum absolute atomic E-state index is 0.902. The van der Waals surface area contributed by atoms with E-state index in [1.807, 2.05) is 0 Å².